The maximum atomic E-state index is 12.5. The number of benzene rings is 1. The Morgan fingerprint density at radius 2 is 2.14 bits per heavy atom. The smallest absolute Gasteiger partial charge is 0.266 e. The molecule has 3 rings (SSSR count). The van der Waals surface area contributed by atoms with Crippen molar-refractivity contribution in [1.29, 1.82) is 0 Å². The number of aromatic nitrogens is 2. The lowest BCUT2D eigenvalue weighted by Gasteiger charge is -2.05. The summed E-state index contributed by atoms with van der Waals surface area (Å²) in [5.74, 6) is 4.77. The molecule has 3 N–H and O–H groups in total. The van der Waals surface area contributed by atoms with Gasteiger partial charge in [0.2, 0.25) is 0 Å². The van der Waals surface area contributed by atoms with Crippen LogP contribution in [-0.2, 0) is 6.54 Å². The third-order valence-electron chi connectivity index (χ3n) is 3.52. The number of carbonyl (C=O) groups is 1. The van der Waals surface area contributed by atoms with Gasteiger partial charge in [0.05, 0.1) is 17.8 Å². The number of pyridine rings is 1. The Kier molecular flexibility index (Phi) is 3.53. The van der Waals surface area contributed by atoms with Gasteiger partial charge in [0.25, 0.3) is 5.91 Å². The van der Waals surface area contributed by atoms with E-state index in [0.29, 0.717) is 18.5 Å². The van der Waals surface area contributed by atoms with Crippen LogP contribution in [-0.4, -0.2) is 22.1 Å². The number of hydrazine groups is 1. The molecule has 0 aliphatic rings. The summed E-state index contributed by atoms with van der Waals surface area (Å²) in [5.41, 5.74) is 4.23. The number of rotatable bonds is 4. The summed E-state index contributed by atoms with van der Waals surface area (Å²) in [7, 11) is 0. The van der Waals surface area contributed by atoms with Crippen molar-refractivity contribution in [1.82, 2.24) is 15.0 Å². The molecule has 1 aromatic carbocycles. The van der Waals surface area contributed by atoms with E-state index in [0.717, 1.165) is 21.9 Å². The summed E-state index contributed by atoms with van der Waals surface area (Å²) in [6.45, 7) is 0.178. The largest absolute Gasteiger partial charge is 0.325 e. The highest BCUT2D eigenvalue weighted by atomic mass is 19.1. The van der Waals surface area contributed by atoms with E-state index >= 15 is 0 Å². The van der Waals surface area contributed by atoms with Gasteiger partial charge in [0.1, 0.15) is 5.65 Å². The average Bonchev–Trinajstić information content (AvgIpc) is 2.85. The summed E-state index contributed by atoms with van der Waals surface area (Å²) in [6.07, 6.45) is 1.91. The number of nitrogens with zero attached hydrogens (tertiary/aromatic N) is 2. The SMILES string of the molecule is NNC(=O)c1cnc2c(c1)c1ccccc1n2CCCF. The van der Waals surface area contributed by atoms with Crippen molar-refractivity contribution in [2.45, 2.75) is 13.0 Å². The summed E-state index contributed by atoms with van der Waals surface area (Å²) >= 11 is 0. The van der Waals surface area contributed by atoms with Crippen LogP contribution in [0.15, 0.2) is 36.5 Å². The van der Waals surface area contributed by atoms with Crippen LogP contribution in [0.25, 0.3) is 21.9 Å². The lowest BCUT2D eigenvalue weighted by Crippen LogP contribution is -2.30. The summed E-state index contributed by atoms with van der Waals surface area (Å²) in [4.78, 5) is 16.0. The van der Waals surface area contributed by atoms with Crippen molar-refractivity contribution >= 4 is 27.8 Å². The van der Waals surface area contributed by atoms with Crippen LogP contribution in [0.2, 0.25) is 0 Å². The molecular formula is C15H15FN4O. The monoisotopic (exact) mass is 286 g/mol. The van der Waals surface area contributed by atoms with Gasteiger partial charge >= 0.3 is 0 Å². The van der Waals surface area contributed by atoms with Gasteiger partial charge < -0.3 is 4.57 Å². The van der Waals surface area contributed by atoms with Crippen molar-refractivity contribution in [3.63, 3.8) is 0 Å². The zero-order valence-electron chi connectivity index (χ0n) is 11.3. The highest BCUT2D eigenvalue weighted by molar-refractivity contribution is 6.09. The van der Waals surface area contributed by atoms with Gasteiger partial charge in [-0.25, -0.2) is 10.8 Å². The first-order valence-electron chi connectivity index (χ1n) is 6.70. The number of para-hydroxylation sites is 1. The first kappa shape index (κ1) is 13.5. The molecule has 0 radical (unpaired) electrons. The number of alkyl halides is 1. The third-order valence-corrected chi connectivity index (χ3v) is 3.52. The van der Waals surface area contributed by atoms with Gasteiger partial charge in [-0.05, 0) is 18.6 Å². The zero-order chi connectivity index (χ0) is 14.8. The third kappa shape index (κ3) is 2.23. The molecule has 0 atom stereocenters. The molecule has 108 valence electrons. The van der Waals surface area contributed by atoms with Crippen molar-refractivity contribution in [2.24, 2.45) is 5.84 Å². The average molecular weight is 286 g/mol. The minimum absolute atomic E-state index is 0.373. The van der Waals surface area contributed by atoms with E-state index in [4.69, 9.17) is 5.84 Å². The molecule has 0 fully saturated rings. The van der Waals surface area contributed by atoms with Crippen LogP contribution >= 0.6 is 0 Å². The Morgan fingerprint density at radius 1 is 1.33 bits per heavy atom. The molecule has 3 aromatic rings. The van der Waals surface area contributed by atoms with Crippen LogP contribution in [0.1, 0.15) is 16.8 Å². The Morgan fingerprint density at radius 3 is 2.90 bits per heavy atom. The van der Waals surface area contributed by atoms with E-state index in [2.05, 4.69) is 10.4 Å². The molecule has 0 unspecified atom stereocenters. The van der Waals surface area contributed by atoms with Crippen LogP contribution in [0, 0.1) is 0 Å². The Balaban J connectivity index is 2.27. The number of fused-ring (bicyclic) bond motifs is 3. The second-order valence-electron chi connectivity index (χ2n) is 4.78. The van der Waals surface area contributed by atoms with E-state index in [1.807, 2.05) is 28.8 Å². The number of carbonyl (C=O) groups excluding carboxylic acids is 1. The maximum Gasteiger partial charge on any atom is 0.266 e. The van der Waals surface area contributed by atoms with Crippen molar-refractivity contribution in [3.8, 4) is 0 Å². The van der Waals surface area contributed by atoms with Gasteiger partial charge in [-0.3, -0.25) is 14.6 Å². The number of halogens is 1. The van der Waals surface area contributed by atoms with Gasteiger partial charge in [0, 0.05) is 23.5 Å². The molecule has 1 amide bonds. The number of nitrogen functional groups attached to an aromatic ring is 1. The quantitative estimate of drug-likeness (QED) is 0.438. The molecule has 0 bridgehead atoms. The fraction of sp³-hybridized carbons (Fsp3) is 0.200. The Hall–Kier alpha value is -2.47. The number of amides is 1. The molecule has 6 heteroatoms. The van der Waals surface area contributed by atoms with Crippen LogP contribution in [0.4, 0.5) is 4.39 Å². The Labute approximate surface area is 120 Å². The van der Waals surface area contributed by atoms with Crippen LogP contribution in [0.3, 0.4) is 0 Å². The topological polar surface area (TPSA) is 72.9 Å². The molecule has 0 saturated heterocycles. The molecule has 2 aromatic heterocycles. The predicted octanol–water partition coefficient (Wildman–Crippen LogP) is 2.15. The van der Waals surface area contributed by atoms with E-state index in [9.17, 15) is 9.18 Å². The number of nitrogens with one attached hydrogen (secondary N) is 1. The van der Waals surface area contributed by atoms with Gasteiger partial charge in [-0.2, -0.15) is 0 Å². The second-order valence-corrected chi connectivity index (χ2v) is 4.78. The van der Waals surface area contributed by atoms with Gasteiger partial charge in [0.15, 0.2) is 0 Å². The van der Waals surface area contributed by atoms with E-state index < -0.39 is 0 Å². The number of aryl methyl sites for hydroxylation is 1. The minimum Gasteiger partial charge on any atom is -0.325 e. The number of nitrogens with two attached hydrogens (primary N) is 1. The first-order chi connectivity index (χ1) is 10.3. The highest BCUT2D eigenvalue weighted by Crippen LogP contribution is 2.28. The van der Waals surface area contributed by atoms with E-state index in [1.165, 1.54) is 6.20 Å². The summed E-state index contributed by atoms with van der Waals surface area (Å²) < 4.78 is 14.5. The van der Waals surface area contributed by atoms with E-state index in [1.54, 1.807) is 6.07 Å². The van der Waals surface area contributed by atoms with E-state index in [-0.39, 0.29) is 12.6 Å². The predicted molar refractivity (Wildman–Crippen MR) is 79.5 cm³/mol. The van der Waals surface area contributed by atoms with Crippen LogP contribution < -0.4 is 11.3 Å². The molecular weight excluding hydrogens is 271 g/mol. The van der Waals surface area contributed by atoms with Gasteiger partial charge in [-0.15, -0.1) is 0 Å². The molecule has 0 spiro atoms. The Bertz CT molecular complexity index is 812. The molecule has 2 heterocycles. The minimum atomic E-state index is -0.384. The first-order valence-corrected chi connectivity index (χ1v) is 6.70. The second kappa shape index (κ2) is 5.49. The fourth-order valence-electron chi connectivity index (χ4n) is 2.57. The van der Waals surface area contributed by atoms with Crippen molar-refractivity contribution < 1.29 is 9.18 Å². The van der Waals surface area contributed by atoms with Crippen molar-refractivity contribution in [2.75, 3.05) is 6.67 Å². The lowest BCUT2D eigenvalue weighted by atomic mass is 10.1. The molecule has 0 saturated carbocycles. The summed E-state index contributed by atoms with van der Waals surface area (Å²) in [5, 5.41) is 1.86. The summed E-state index contributed by atoms with van der Waals surface area (Å²) in [6, 6.07) is 9.56. The maximum absolute atomic E-state index is 12.5. The normalized spacial score (nSPS) is 11.1. The molecule has 0 aliphatic heterocycles. The van der Waals surface area contributed by atoms with Crippen molar-refractivity contribution in [3.05, 3.63) is 42.1 Å². The van der Waals surface area contributed by atoms with Crippen LogP contribution in [0.5, 0.6) is 0 Å². The zero-order valence-corrected chi connectivity index (χ0v) is 11.3. The molecule has 21 heavy (non-hydrogen) atoms. The lowest BCUT2D eigenvalue weighted by molar-refractivity contribution is 0.0953. The molecule has 5 nitrogen and oxygen atoms in total. The standard InChI is InChI=1S/C15H15FN4O/c16-6-3-7-20-13-5-2-1-4-11(13)12-8-10(15(21)19-17)9-18-14(12)20/h1-2,4-5,8-9H,3,6-7,17H2,(H,19,21). The fourth-order valence-corrected chi connectivity index (χ4v) is 2.57. The highest BCUT2D eigenvalue weighted by Gasteiger charge is 2.13. The molecule has 0 aliphatic carbocycles. The number of hydrogen-bond donors (Lipinski definition) is 2. The number of hydrogen-bond acceptors (Lipinski definition) is 3. The van der Waals surface area contributed by atoms with Gasteiger partial charge in [-0.1, -0.05) is 18.2 Å².